The van der Waals surface area contributed by atoms with Crippen LogP contribution in [0.5, 0.6) is 0 Å². The van der Waals surface area contributed by atoms with E-state index in [1.165, 1.54) is 11.4 Å². The van der Waals surface area contributed by atoms with Gasteiger partial charge in [-0.3, -0.25) is 9.59 Å². The van der Waals surface area contributed by atoms with Crippen molar-refractivity contribution in [1.82, 2.24) is 14.6 Å². The van der Waals surface area contributed by atoms with Gasteiger partial charge in [-0.15, -0.1) is 0 Å². The van der Waals surface area contributed by atoms with Crippen LogP contribution in [-0.2, 0) is 0 Å². The van der Waals surface area contributed by atoms with Crippen molar-refractivity contribution in [2.24, 2.45) is 0 Å². The van der Waals surface area contributed by atoms with Crippen molar-refractivity contribution in [2.75, 3.05) is 0 Å². The predicted molar refractivity (Wildman–Crippen MR) is 81.1 cm³/mol. The predicted octanol–water partition coefficient (Wildman–Crippen LogP) is 1.13. The van der Waals surface area contributed by atoms with Gasteiger partial charge >= 0.3 is 0 Å². The Balaban J connectivity index is 2.27. The summed E-state index contributed by atoms with van der Waals surface area (Å²) in [6.45, 7) is 1.54. The molecular weight excluding hydrogens is 342 g/mol. The molecule has 0 saturated carbocycles. The first-order chi connectivity index (χ1) is 9.54. The number of benzene rings is 1. The summed E-state index contributed by atoms with van der Waals surface area (Å²) in [6.07, 6.45) is 1.76. The van der Waals surface area contributed by atoms with E-state index in [4.69, 9.17) is 0 Å². The van der Waals surface area contributed by atoms with Gasteiger partial charge in [0.05, 0.1) is 4.53 Å². The van der Waals surface area contributed by atoms with Gasteiger partial charge in [0.1, 0.15) is 5.69 Å². The van der Waals surface area contributed by atoms with Crippen LogP contribution < -0.4 is 15.7 Å². The number of hydrogen-bond donors (Lipinski definition) is 0. The maximum Gasteiger partial charge on any atom is 0.295 e. The van der Waals surface area contributed by atoms with Crippen LogP contribution >= 0.6 is 27.3 Å². The minimum Gasteiger partial charge on any atom is -0.266 e. The first-order valence-corrected chi connectivity index (χ1v) is 7.33. The Morgan fingerprint density at radius 2 is 1.95 bits per heavy atom. The van der Waals surface area contributed by atoms with E-state index < -0.39 is 5.56 Å². The molecular formula is C13H8BrN3O2S. The van der Waals surface area contributed by atoms with Gasteiger partial charge in [-0.05, 0) is 30.7 Å². The van der Waals surface area contributed by atoms with Crippen LogP contribution in [-0.4, -0.2) is 14.6 Å². The number of halogens is 1. The van der Waals surface area contributed by atoms with E-state index >= 15 is 0 Å². The molecule has 0 bridgehead atoms. The lowest BCUT2D eigenvalue weighted by atomic mass is 10.2. The summed E-state index contributed by atoms with van der Waals surface area (Å²) < 4.78 is 2.64. The number of aromatic nitrogens is 3. The van der Waals surface area contributed by atoms with E-state index in [0.717, 1.165) is 21.4 Å². The fraction of sp³-hybridized carbons (Fsp3) is 0.0769. The summed E-state index contributed by atoms with van der Waals surface area (Å²) in [5, 5.41) is 3.96. The zero-order chi connectivity index (χ0) is 14.3. The van der Waals surface area contributed by atoms with Gasteiger partial charge in [0.15, 0.2) is 0 Å². The summed E-state index contributed by atoms with van der Waals surface area (Å²) in [5.74, 6) is 0. The first-order valence-electron chi connectivity index (χ1n) is 5.72. The molecule has 0 radical (unpaired) electrons. The van der Waals surface area contributed by atoms with Crippen molar-refractivity contribution in [3.63, 3.8) is 0 Å². The van der Waals surface area contributed by atoms with Gasteiger partial charge in [0.2, 0.25) is 4.96 Å². The smallest absolute Gasteiger partial charge is 0.266 e. The molecule has 0 amide bonds. The molecule has 2 aromatic heterocycles. The maximum atomic E-state index is 12.2. The SMILES string of the molecule is Cc1nn2c(=O)/c(=C\c3ccc(Br)cc3)sc2nc1=O. The highest BCUT2D eigenvalue weighted by molar-refractivity contribution is 9.10. The van der Waals surface area contributed by atoms with E-state index in [2.05, 4.69) is 26.0 Å². The summed E-state index contributed by atoms with van der Waals surface area (Å²) in [7, 11) is 0. The van der Waals surface area contributed by atoms with Gasteiger partial charge < -0.3 is 0 Å². The van der Waals surface area contributed by atoms with Crippen LogP contribution in [0.15, 0.2) is 38.3 Å². The lowest BCUT2D eigenvalue weighted by Crippen LogP contribution is -2.27. The van der Waals surface area contributed by atoms with Crippen molar-refractivity contribution in [3.05, 3.63) is 65.2 Å². The van der Waals surface area contributed by atoms with Crippen LogP contribution in [0.4, 0.5) is 0 Å². The molecule has 3 rings (SSSR count). The van der Waals surface area contributed by atoms with E-state index in [-0.39, 0.29) is 11.3 Å². The molecule has 0 spiro atoms. The van der Waals surface area contributed by atoms with E-state index in [1.807, 2.05) is 24.3 Å². The Hall–Kier alpha value is -1.86. The second kappa shape index (κ2) is 4.92. The molecule has 1 aromatic carbocycles. The zero-order valence-electron chi connectivity index (χ0n) is 10.3. The molecule has 0 aliphatic carbocycles. The normalized spacial score (nSPS) is 12.2. The van der Waals surface area contributed by atoms with Crippen molar-refractivity contribution in [3.8, 4) is 0 Å². The van der Waals surface area contributed by atoms with Crippen LogP contribution in [0, 0.1) is 6.92 Å². The molecule has 3 aromatic rings. The number of thiazole rings is 1. The summed E-state index contributed by atoms with van der Waals surface area (Å²) in [6, 6.07) is 7.58. The highest BCUT2D eigenvalue weighted by Gasteiger charge is 2.07. The molecule has 0 saturated heterocycles. The van der Waals surface area contributed by atoms with Crippen molar-refractivity contribution in [2.45, 2.75) is 6.92 Å². The van der Waals surface area contributed by atoms with Gasteiger partial charge in [-0.25, -0.2) is 0 Å². The first kappa shape index (κ1) is 13.1. The molecule has 5 nitrogen and oxygen atoms in total. The van der Waals surface area contributed by atoms with E-state index in [0.29, 0.717) is 9.49 Å². The Kier molecular flexibility index (Phi) is 3.23. The molecule has 7 heteroatoms. The van der Waals surface area contributed by atoms with Gasteiger partial charge in [0, 0.05) is 4.47 Å². The average molecular weight is 350 g/mol. The molecule has 0 aliphatic heterocycles. The van der Waals surface area contributed by atoms with Gasteiger partial charge in [-0.2, -0.15) is 14.6 Å². The number of aryl methyl sites for hydroxylation is 1. The molecule has 2 heterocycles. The maximum absolute atomic E-state index is 12.2. The van der Waals surface area contributed by atoms with E-state index in [1.54, 1.807) is 6.08 Å². The van der Waals surface area contributed by atoms with Gasteiger partial charge in [-0.1, -0.05) is 39.4 Å². The number of rotatable bonds is 1. The number of fused-ring (bicyclic) bond motifs is 1. The minimum absolute atomic E-state index is 0.215. The van der Waals surface area contributed by atoms with Crippen molar-refractivity contribution >= 4 is 38.3 Å². The number of hydrogen-bond acceptors (Lipinski definition) is 5. The van der Waals surface area contributed by atoms with Crippen LogP contribution in [0.25, 0.3) is 11.0 Å². The average Bonchev–Trinajstić information content (AvgIpc) is 2.70. The second-order valence-electron chi connectivity index (χ2n) is 4.16. The van der Waals surface area contributed by atoms with Crippen LogP contribution in [0.3, 0.4) is 0 Å². The van der Waals surface area contributed by atoms with Crippen LogP contribution in [0.1, 0.15) is 11.3 Å². The Bertz CT molecular complexity index is 960. The quantitative estimate of drug-likeness (QED) is 0.660. The Morgan fingerprint density at radius 3 is 2.65 bits per heavy atom. The molecule has 0 N–H and O–H groups in total. The Labute approximate surface area is 125 Å². The topological polar surface area (TPSA) is 64.3 Å². The van der Waals surface area contributed by atoms with Gasteiger partial charge in [0.25, 0.3) is 11.1 Å². The molecule has 100 valence electrons. The lowest BCUT2D eigenvalue weighted by molar-refractivity contribution is 0.833. The molecule has 20 heavy (non-hydrogen) atoms. The minimum atomic E-state index is -0.401. The second-order valence-corrected chi connectivity index (χ2v) is 6.09. The monoisotopic (exact) mass is 349 g/mol. The molecule has 0 aliphatic rings. The van der Waals surface area contributed by atoms with Crippen LogP contribution in [0.2, 0.25) is 0 Å². The molecule has 0 fully saturated rings. The third-order valence-electron chi connectivity index (χ3n) is 2.71. The highest BCUT2D eigenvalue weighted by Crippen LogP contribution is 2.10. The summed E-state index contributed by atoms with van der Waals surface area (Å²) in [4.78, 5) is 27.8. The van der Waals surface area contributed by atoms with Crippen molar-refractivity contribution in [1.29, 1.82) is 0 Å². The zero-order valence-corrected chi connectivity index (χ0v) is 12.7. The fourth-order valence-corrected chi connectivity index (χ4v) is 2.87. The van der Waals surface area contributed by atoms with Crippen molar-refractivity contribution < 1.29 is 0 Å². The summed E-state index contributed by atoms with van der Waals surface area (Å²) >= 11 is 4.51. The largest absolute Gasteiger partial charge is 0.295 e. The standard InChI is InChI=1S/C13H8BrN3O2S/c1-7-11(18)15-13-17(16-7)12(19)10(20-13)6-8-2-4-9(14)5-3-8/h2-6H,1H3/b10-6+. The lowest BCUT2D eigenvalue weighted by Gasteiger charge is -1.91. The third-order valence-corrected chi connectivity index (χ3v) is 4.20. The number of nitrogens with zero attached hydrogens (tertiary/aromatic N) is 3. The fourth-order valence-electron chi connectivity index (χ4n) is 1.70. The molecule has 0 atom stereocenters. The highest BCUT2D eigenvalue weighted by atomic mass is 79.9. The van der Waals surface area contributed by atoms with E-state index in [9.17, 15) is 9.59 Å². The Morgan fingerprint density at radius 1 is 1.25 bits per heavy atom. The molecule has 0 unspecified atom stereocenters. The third kappa shape index (κ3) is 2.30. The summed E-state index contributed by atoms with van der Waals surface area (Å²) in [5.41, 5.74) is 0.453.